The maximum absolute atomic E-state index is 11.2. The second-order valence-corrected chi connectivity index (χ2v) is 14.4. The van der Waals surface area contributed by atoms with Crippen molar-refractivity contribution in [2.24, 2.45) is 0 Å². The highest BCUT2D eigenvalue weighted by atomic mass is 79.9. The average Bonchev–Trinajstić information content (AvgIpc) is 2.68. The van der Waals surface area contributed by atoms with E-state index in [1.165, 1.54) is 102 Å². The van der Waals surface area contributed by atoms with Crippen LogP contribution in [0, 0.1) is 0 Å². The topological polar surface area (TPSA) is 26.3 Å². The van der Waals surface area contributed by atoms with Crippen LogP contribution in [-0.2, 0) is 9.53 Å². The van der Waals surface area contributed by atoms with Gasteiger partial charge in [0.25, 0.3) is 0 Å². The van der Waals surface area contributed by atoms with Gasteiger partial charge in [0, 0.05) is 5.57 Å². The van der Waals surface area contributed by atoms with Crippen molar-refractivity contribution in [2.45, 2.75) is 125 Å². The Labute approximate surface area is 200 Å². The molecule has 0 saturated heterocycles. The van der Waals surface area contributed by atoms with Crippen LogP contribution in [0.3, 0.4) is 0 Å². The maximum atomic E-state index is 11.2. The maximum Gasteiger partial charge on any atom is 0.333 e. The molecule has 0 saturated carbocycles. The highest BCUT2D eigenvalue weighted by Crippen LogP contribution is 2.15. The van der Waals surface area contributed by atoms with Gasteiger partial charge in [0.1, 0.15) is 0 Å². The van der Waals surface area contributed by atoms with Crippen LogP contribution in [0.4, 0.5) is 0 Å². The molecular formula is C24H44Br2O2Si. The van der Waals surface area contributed by atoms with E-state index in [9.17, 15) is 4.79 Å². The van der Waals surface area contributed by atoms with Crippen LogP contribution in [0.5, 0.6) is 0 Å². The van der Waals surface area contributed by atoms with Gasteiger partial charge in [0.15, 0.2) is 0 Å². The number of carbonyl (C=O) groups is 1. The predicted octanol–water partition coefficient (Wildman–Crippen LogP) is 8.93. The van der Waals surface area contributed by atoms with Crippen LogP contribution in [0.1, 0.15) is 116 Å². The number of rotatable bonds is 22. The van der Waals surface area contributed by atoms with Gasteiger partial charge in [-0.15, -0.1) is 0 Å². The summed E-state index contributed by atoms with van der Waals surface area (Å²) in [7, 11) is 1.01. The van der Waals surface area contributed by atoms with Crippen molar-refractivity contribution >= 4 is 47.3 Å². The normalized spacial score (nSPS) is 11.2. The average molecular weight is 553 g/mol. The fourth-order valence-corrected chi connectivity index (χ4v) is 5.42. The van der Waals surface area contributed by atoms with E-state index in [0.29, 0.717) is 15.5 Å². The van der Waals surface area contributed by atoms with Gasteiger partial charge >= 0.3 is 5.97 Å². The highest BCUT2D eigenvalue weighted by molar-refractivity contribution is 9.25. The Morgan fingerprint density at radius 2 is 1.07 bits per heavy atom. The lowest BCUT2D eigenvalue weighted by Gasteiger charge is -2.05. The fourth-order valence-electron chi connectivity index (χ4n) is 3.38. The molecule has 2 nitrogen and oxygen atoms in total. The Bertz CT molecular complexity index is 389. The Morgan fingerprint density at radius 1 is 0.724 bits per heavy atom. The molecule has 0 aromatic carbocycles. The number of esters is 1. The molecule has 0 fully saturated rings. The number of halogens is 2. The Hall–Kier alpha value is 0.387. The summed E-state index contributed by atoms with van der Waals surface area (Å²) in [5.74, 6) is -0.255. The molecule has 0 aromatic heterocycles. The zero-order chi connectivity index (χ0) is 21.6. The summed E-state index contributed by atoms with van der Waals surface area (Å²) in [6, 6.07) is 1.37. The van der Waals surface area contributed by atoms with E-state index in [2.05, 4.69) is 38.4 Å². The van der Waals surface area contributed by atoms with Crippen LogP contribution < -0.4 is 0 Å². The first-order chi connectivity index (χ1) is 14.0. The van der Waals surface area contributed by atoms with E-state index >= 15 is 0 Å². The first kappa shape index (κ1) is 29.4. The lowest BCUT2D eigenvalue weighted by Crippen LogP contribution is -2.05. The van der Waals surface area contributed by atoms with Gasteiger partial charge in [-0.1, -0.05) is 147 Å². The molecule has 0 spiro atoms. The lowest BCUT2D eigenvalue weighted by molar-refractivity contribution is -0.139. The minimum Gasteiger partial charge on any atom is -0.462 e. The molecule has 170 valence electrons. The molecule has 0 unspecified atom stereocenters. The summed E-state index contributed by atoms with van der Waals surface area (Å²) in [4.78, 5) is 11.2. The molecule has 0 amide bonds. The number of alkyl halides is 2. The predicted molar refractivity (Wildman–Crippen MR) is 136 cm³/mol. The lowest BCUT2D eigenvalue weighted by atomic mass is 10.0. The number of hydrogen-bond acceptors (Lipinski definition) is 2. The van der Waals surface area contributed by atoms with E-state index < -0.39 is 0 Å². The molecule has 0 heterocycles. The Morgan fingerprint density at radius 3 is 1.41 bits per heavy atom. The van der Waals surface area contributed by atoms with Gasteiger partial charge in [-0.05, 0) is 13.3 Å². The van der Waals surface area contributed by atoms with Crippen molar-refractivity contribution in [2.75, 3.05) is 6.61 Å². The minimum absolute atomic E-state index is 0.255. The van der Waals surface area contributed by atoms with Gasteiger partial charge in [-0.25, -0.2) is 4.79 Å². The van der Waals surface area contributed by atoms with Gasteiger partial charge < -0.3 is 4.74 Å². The van der Waals surface area contributed by atoms with Crippen molar-refractivity contribution < 1.29 is 9.53 Å². The van der Waals surface area contributed by atoms with E-state index in [1.807, 2.05) is 0 Å². The molecule has 2 radical (unpaired) electrons. The summed E-state index contributed by atoms with van der Waals surface area (Å²) >= 11 is 7.10. The first-order valence-electron chi connectivity index (χ1n) is 11.9. The van der Waals surface area contributed by atoms with Crippen LogP contribution in [0.25, 0.3) is 0 Å². The molecule has 0 aliphatic rings. The second-order valence-electron chi connectivity index (χ2n) is 8.18. The Kier molecular flexibility index (Phi) is 23.4. The smallest absolute Gasteiger partial charge is 0.333 e. The molecule has 0 aliphatic heterocycles. The summed E-state index contributed by atoms with van der Waals surface area (Å²) in [6.07, 6.45) is 23.1. The minimum atomic E-state index is -0.255. The molecular weight excluding hydrogens is 508 g/mol. The molecule has 0 aromatic rings. The highest BCUT2D eigenvalue weighted by Gasteiger charge is 2.02. The summed E-state index contributed by atoms with van der Waals surface area (Å²) < 4.78 is 5.64. The van der Waals surface area contributed by atoms with Gasteiger partial charge in [-0.3, -0.25) is 0 Å². The van der Waals surface area contributed by atoms with Gasteiger partial charge in [-0.2, -0.15) is 0 Å². The second kappa shape index (κ2) is 23.1. The third-order valence-corrected chi connectivity index (χ3v) is 8.09. The molecule has 0 atom stereocenters. The zero-order valence-corrected chi connectivity index (χ0v) is 23.0. The van der Waals surface area contributed by atoms with Crippen LogP contribution in [0.2, 0.25) is 6.04 Å². The number of unbranched alkanes of at least 4 members (excludes halogenated alkanes) is 16. The number of ether oxygens (including phenoxy) is 1. The number of carbonyl (C=O) groups excluding carboxylic acids is 1. The first-order valence-corrected chi connectivity index (χ1v) is 15.0. The van der Waals surface area contributed by atoms with Gasteiger partial charge in [0.2, 0.25) is 0 Å². The molecule has 5 heteroatoms. The van der Waals surface area contributed by atoms with Crippen molar-refractivity contribution in [1.82, 2.24) is 0 Å². The van der Waals surface area contributed by atoms with Crippen LogP contribution >= 0.6 is 31.9 Å². The third kappa shape index (κ3) is 24.5. The Balaban J connectivity index is 3.07. The standard InChI is InChI=1S/C24H44Br2O2Si/c1-22(2)23(27)28-20-18-16-14-12-10-8-6-4-3-5-7-9-11-13-15-17-19-21-29-24(25)26/h24H,1,3-21H2,2H3. The molecule has 0 bridgehead atoms. The summed E-state index contributed by atoms with van der Waals surface area (Å²) in [5, 5.41) is 0. The summed E-state index contributed by atoms with van der Waals surface area (Å²) in [5.41, 5.74) is 0.491. The van der Waals surface area contributed by atoms with E-state index in [0.717, 1.165) is 22.4 Å². The third-order valence-electron chi connectivity index (χ3n) is 5.20. The largest absolute Gasteiger partial charge is 0.462 e. The van der Waals surface area contributed by atoms with Gasteiger partial charge in [0.05, 0.1) is 19.5 Å². The molecule has 0 rings (SSSR count). The summed E-state index contributed by atoms with van der Waals surface area (Å²) in [6.45, 7) is 5.82. The van der Waals surface area contributed by atoms with Crippen LogP contribution in [0.15, 0.2) is 12.2 Å². The number of hydrogen-bond donors (Lipinski definition) is 0. The van der Waals surface area contributed by atoms with Crippen molar-refractivity contribution in [3.63, 3.8) is 0 Å². The SMILES string of the molecule is C=C(C)C(=O)OCCCCCCCCCCCCCCCCCCC[Si]C(Br)Br. The fraction of sp³-hybridized carbons (Fsp3) is 0.875. The zero-order valence-electron chi connectivity index (χ0n) is 18.8. The van der Waals surface area contributed by atoms with Crippen molar-refractivity contribution in [1.29, 1.82) is 0 Å². The molecule has 29 heavy (non-hydrogen) atoms. The van der Waals surface area contributed by atoms with E-state index in [-0.39, 0.29) is 5.97 Å². The monoisotopic (exact) mass is 550 g/mol. The van der Waals surface area contributed by atoms with Crippen molar-refractivity contribution in [3.05, 3.63) is 12.2 Å². The van der Waals surface area contributed by atoms with Crippen LogP contribution in [-0.4, -0.2) is 25.5 Å². The van der Waals surface area contributed by atoms with E-state index in [4.69, 9.17) is 4.74 Å². The van der Waals surface area contributed by atoms with E-state index in [1.54, 1.807) is 6.92 Å². The quantitative estimate of drug-likeness (QED) is 0.0441. The molecule has 0 N–H and O–H groups in total. The van der Waals surface area contributed by atoms with Crippen molar-refractivity contribution in [3.8, 4) is 0 Å². The molecule has 0 aliphatic carbocycles.